The summed E-state index contributed by atoms with van der Waals surface area (Å²) in [5, 5.41) is 20.0. The van der Waals surface area contributed by atoms with Gasteiger partial charge in [0, 0.05) is 10.5 Å². The molecule has 26 heavy (non-hydrogen) atoms. The number of H-pyrrole nitrogens is 1. The van der Waals surface area contributed by atoms with Crippen LogP contribution >= 0.6 is 11.8 Å². The molecule has 1 unspecified atom stereocenters. The van der Waals surface area contributed by atoms with E-state index in [2.05, 4.69) is 46.6 Å². The molecule has 0 spiro atoms. The Morgan fingerprint density at radius 1 is 1.23 bits per heavy atom. The van der Waals surface area contributed by atoms with Gasteiger partial charge in [0.15, 0.2) is 11.6 Å². The number of likely N-dealkylation sites (N-methyl/N-ethyl adjacent to an activating group) is 1. The molecule has 0 saturated heterocycles. The Morgan fingerprint density at radius 2 is 1.96 bits per heavy atom. The number of hydrogen-bond acceptors (Lipinski definition) is 4. The van der Waals surface area contributed by atoms with Gasteiger partial charge < -0.3 is 15.0 Å². The highest BCUT2D eigenvalue weighted by atomic mass is 32.2. The molecule has 3 rings (SSSR count). The van der Waals surface area contributed by atoms with Crippen molar-refractivity contribution in [2.45, 2.75) is 11.4 Å². The summed E-state index contributed by atoms with van der Waals surface area (Å²) in [5.74, 6) is 0.452. The number of imidazole rings is 1. The minimum absolute atomic E-state index is 0.0461. The number of aromatic amines is 1. The molecule has 0 bridgehead atoms. The number of para-hydroxylation sites is 2. The van der Waals surface area contributed by atoms with Crippen molar-refractivity contribution in [1.82, 2.24) is 9.97 Å². The van der Waals surface area contributed by atoms with Gasteiger partial charge in [-0.2, -0.15) is 5.26 Å². The largest absolute Gasteiger partial charge is 0.506 e. The summed E-state index contributed by atoms with van der Waals surface area (Å²) in [5.41, 5.74) is 3.00. The Labute approximate surface area is 157 Å². The van der Waals surface area contributed by atoms with Gasteiger partial charge in [-0.15, -0.1) is 11.8 Å². The van der Waals surface area contributed by atoms with Gasteiger partial charge in [0.25, 0.3) is 0 Å². The molecule has 0 radical (unpaired) electrons. The van der Waals surface area contributed by atoms with Crippen molar-refractivity contribution in [1.29, 1.82) is 5.26 Å². The van der Waals surface area contributed by atoms with Crippen molar-refractivity contribution >= 4 is 28.4 Å². The molecule has 0 aliphatic carbocycles. The smallest absolute Gasteiger partial charge is 0.169 e. The minimum Gasteiger partial charge on any atom is -0.506 e. The maximum absolute atomic E-state index is 10.5. The molecule has 6 heteroatoms. The van der Waals surface area contributed by atoms with Crippen LogP contribution < -0.4 is 4.90 Å². The van der Waals surface area contributed by atoms with Crippen molar-refractivity contribution in [2.75, 3.05) is 19.8 Å². The van der Waals surface area contributed by atoms with Gasteiger partial charge in [-0.3, -0.25) is 0 Å². The molecule has 2 aromatic carbocycles. The molecule has 3 N–H and O–H groups in total. The number of aliphatic hydroxyl groups excluding tert-OH is 1. The standard InChI is InChI=1S/C20H20N4OS/c1-24(12-14-7-9-15(26-2)10-8-14)13-19(25)16(11-21)20-22-17-5-3-4-6-18(17)23-20/h3-10,25H,12-13H2,1-2H3,(H,22,23)/p+1/b19-16-. The van der Waals surface area contributed by atoms with Crippen LogP contribution in [0.5, 0.6) is 0 Å². The number of aliphatic hydroxyl groups is 1. The fourth-order valence-corrected chi connectivity index (χ4v) is 3.26. The zero-order chi connectivity index (χ0) is 18.5. The highest BCUT2D eigenvalue weighted by molar-refractivity contribution is 7.98. The summed E-state index contributed by atoms with van der Waals surface area (Å²) in [6.07, 6.45) is 2.05. The first-order chi connectivity index (χ1) is 12.6. The quantitative estimate of drug-likeness (QED) is 0.357. The second-order valence-corrected chi connectivity index (χ2v) is 7.07. The molecular weight excluding hydrogens is 344 g/mol. The van der Waals surface area contributed by atoms with Crippen LogP contribution in [0.1, 0.15) is 11.4 Å². The second kappa shape index (κ2) is 8.09. The van der Waals surface area contributed by atoms with E-state index in [1.165, 1.54) is 10.5 Å². The predicted molar refractivity (Wildman–Crippen MR) is 105 cm³/mol. The highest BCUT2D eigenvalue weighted by Gasteiger charge is 2.16. The topological polar surface area (TPSA) is 77.1 Å². The summed E-state index contributed by atoms with van der Waals surface area (Å²) in [4.78, 5) is 9.82. The van der Waals surface area contributed by atoms with Crippen molar-refractivity contribution in [2.24, 2.45) is 0 Å². The Morgan fingerprint density at radius 3 is 2.62 bits per heavy atom. The number of rotatable bonds is 6. The minimum atomic E-state index is 0.0461. The Kier molecular flexibility index (Phi) is 5.61. The van der Waals surface area contributed by atoms with Crippen LogP contribution in [0.15, 0.2) is 59.2 Å². The Bertz CT molecular complexity index is 936. The number of benzene rings is 2. The van der Waals surface area contributed by atoms with E-state index in [0.29, 0.717) is 12.4 Å². The molecule has 0 saturated carbocycles. The molecule has 3 aromatic rings. The fraction of sp³-hybridized carbons (Fsp3) is 0.200. The summed E-state index contributed by atoms with van der Waals surface area (Å²) >= 11 is 1.71. The maximum Gasteiger partial charge on any atom is 0.169 e. The summed E-state index contributed by atoms with van der Waals surface area (Å²) in [6, 6.07) is 18.0. The maximum atomic E-state index is 10.5. The van der Waals surface area contributed by atoms with Crippen LogP contribution in [0, 0.1) is 11.3 Å². The SMILES string of the molecule is CSc1ccc(C[NH+](C)C/C(O)=C(\C#N)c2nc3ccccc3[nH]2)cc1. The van der Waals surface area contributed by atoms with Crippen LogP contribution in [0.4, 0.5) is 0 Å². The normalized spacial score (nSPS) is 13.3. The first-order valence-corrected chi connectivity index (χ1v) is 9.54. The molecule has 0 fully saturated rings. The molecule has 1 atom stereocenters. The number of quaternary nitrogens is 1. The van der Waals surface area contributed by atoms with Crippen molar-refractivity contribution in [3.05, 3.63) is 65.7 Å². The predicted octanol–water partition coefficient (Wildman–Crippen LogP) is 2.79. The molecule has 0 aliphatic heterocycles. The second-order valence-electron chi connectivity index (χ2n) is 6.19. The van der Waals surface area contributed by atoms with Gasteiger partial charge in [0.1, 0.15) is 24.7 Å². The lowest BCUT2D eigenvalue weighted by Gasteiger charge is -2.14. The van der Waals surface area contributed by atoms with Crippen molar-refractivity contribution in [3.8, 4) is 6.07 Å². The van der Waals surface area contributed by atoms with Crippen LogP contribution in [0.3, 0.4) is 0 Å². The zero-order valence-corrected chi connectivity index (χ0v) is 15.6. The highest BCUT2D eigenvalue weighted by Crippen LogP contribution is 2.18. The third-order valence-electron chi connectivity index (χ3n) is 4.16. The van der Waals surface area contributed by atoms with Gasteiger partial charge in [-0.05, 0) is 30.5 Å². The van der Waals surface area contributed by atoms with E-state index < -0.39 is 0 Å². The molecule has 1 aromatic heterocycles. The number of allylic oxidation sites excluding steroid dienone is 1. The number of nitrogens with zero attached hydrogens (tertiary/aromatic N) is 2. The average molecular weight is 365 g/mol. The van der Waals surface area contributed by atoms with E-state index >= 15 is 0 Å². The van der Waals surface area contributed by atoms with E-state index in [1.54, 1.807) is 11.8 Å². The van der Waals surface area contributed by atoms with Crippen LogP contribution in [0.25, 0.3) is 16.6 Å². The third kappa shape index (κ3) is 4.07. The van der Waals surface area contributed by atoms with Gasteiger partial charge >= 0.3 is 0 Å². The molecule has 1 heterocycles. The first-order valence-electron chi connectivity index (χ1n) is 8.32. The number of nitriles is 1. The molecule has 5 nitrogen and oxygen atoms in total. The lowest BCUT2D eigenvalue weighted by molar-refractivity contribution is -0.890. The lowest BCUT2D eigenvalue weighted by Crippen LogP contribution is -3.07. The lowest BCUT2D eigenvalue weighted by atomic mass is 10.2. The number of aromatic nitrogens is 2. The molecule has 0 aliphatic rings. The first kappa shape index (κ1) is 18.1. The van der Waals surface area contributed by atoms with Gasteiger partial charge in [-0.1, -0.05) is 24.3 Å². The fourth-order valence-electron chi connectivity index (χ4n) is 2.85. The van der Waals surface area contributed by atoms with E-state index in [1.807, 2.05) is 31.3 Å². The zero-order valence-electron chi connectivity index (χ0n) is 14.8. The molecule has 132 valence electrons. The van der Waals surface area contributed by atoms with Gasteiger partial charge in [-0.25, -0.2) is 4.98 Å². The molecule has 0 amide bonds. The number of nitrogens with one attached hydrogen (secondary N) is 2. The molecular formula is C20H21N4OS+. The summed E-state index contributed by atoms with van der Waals surface area (Å²) < 4.78 is 0. The monoisotopic (exact) mass is 365 g/mol. The van der Waals surface area contributed by atoms with Gasteiger partial charge in [0.2, 0.25) is 0 Å². The average Bonchev–Trinajstić information content (AvgIpc) is 3.06. The summed E-state index contributed by atoms with van der Waals surface area (Å²) in [7, 11) is 1.99. The van der Waals surface area contributed by atoms with Crippen molar-refractivity contribution in [3.63, 3.8) is 0 Å². The number of fused-ring (bicyclic) bond motifs is 1. The number of hydrogen-bond donors (Lipinski definition) is 3. The van der Waals surface area contributed by atoms with Crippen LogP contribution in [0.2, 0.25) is 0 Å². The van der Waals surface area contributed by atoms with Gasteiger partial charge in [0.05, 0.1) is 18.1 Å². The number of thioether (sulfide) groups is 1. The van der Waals surface area contributed by atoms with E-state index in [-0.39, 0.29) is 11.3 Å². The van der Waals surface area contributed by atoms with E-state index in [4.69, 9.17) is 0 Å². The third-order valence-corrected chi connectivity index (χ3v) is 4.90. The Hall–Kier alpha value is -2.75. The Balaban J connectivity index is 1.76. The van der Waals surface area contributed by atoms with E-state index in [9.17, 15) is 10.4 Å². The van der Waals surface area contributed by atoms with Crippen LogP contribution in [-0.4, -0.2) is 34.9 Å². The van der Waals surface area contributed by atoms with Crippen molar-refractivity contribution < 1.29 is 10.0 Å². The summed E-state index contributed by atoms with van der Waals surface area (Å²) in [6.45, 7) is 1.11. The van der Waals surface area contributed by atoms with Crippen LogP contribution in [-0.2, 0) is 6.54 Å². The van der Waals surface area contributed by atoms with E-state index in [0.717, 1.165) is 22.5 Å².